The molecule has 0 spiro atoms. The molecule has 152 valence electrons. The summed E-state index contributed by atoms with van der Waals surface area (Å²) < 4.78 is 20.3. The van der Waals surface area contributed by atoms with Crippen LogP contribution in [0.5, 0.6) is 0 Å². The molecule has 0 saturated carbocycles. The molecule has 1 saturated heterocycles. The van der Waals surface area contributed by atoms with Crippen LogP contribution >= 0.6 is 11.3 Å². The summed E-state index contributed by atoms with van der Waals surface area (Å²) in [5.74, 6) is 3.45. The van der Waals surface area contributed by atoms with Crippen LogP contribution in [0.2, 0.25) is 0 Å². The van der Waals surface area contributed by atoms with Crippen molar-refractivity contribution in [3.63, 3.8) is 0 Å². The van der Waals surface area contributed by atoms with Crippen LogP contribution in [0.4, 0.5) is 4.39 Å². The number of fused-ring (bicyclic) bond motifs is 1. The molecular formula is C21H21FN2O4S. The first-order valence-corrected chi connectivity index (χ1v) is 9.78. The van der Waals surface area contributed by atoms with Crippen LogP contribution in [-0.4, -0.2) is 47.6 Å². The number of ether oxygens (including phenoxy) is 1. The number of halogens is 1. The summed E-state index contributed by atoms with van der Waals surface area (Å²) in [6, 6.07) is 1.74. The number of thiophene rings is 1. The Morgan fingerprint density at radius 2 is 2.28 bits per heavy atom. The molecule has 2 amide bonds. The predicted molar refractivity (Wildman–Crippen MR) is 108 cm³/mol. The fraction of sp³-hybridized carbons (Fsp3) is 0.333. The second-order valence-electron chi connectivity index (χ2n) is 6.97. The Balaban J connectivity index is 1.87. The first-order valence-electron chi connectivity index (χ1n) is 8.96. The zero-order chi connectivity index (χ0) is 21.3. The predicted octanol–water partition coefficient (Wildman–Crippen LogP) is 2.16. The molecule has 0 unspecified atom stereocenters. The van der Waals surface area contributed by atoms with Gasteiger partial charge in [0.2, 0.25) is 5.60 Å². The van der Waals surface area contributed by atoms with Gasteiger partial charge in [-0.15, -0.1) is 11.3 Å². The minimum absolute atomic E-state index is 0.157. The third-order valence-corrected chi connectivity index (χ3v) is 6.18. The number of rotatable bonds is 3. The fourth-order valence-corrected chi connectivity index (χ4v) is 4.17. The molecule has 1 atom stereocenters. The van der Waals surface area contributed by atoms with Crippen molar-refractivity contribution in [2.45, 2.75) is 25.4 Å². The Morgan fingerprint density at radius 3 is 2.90 bits per heavy atom. The lowest BCUT2D eigenvalue weighted by atomic mass is 10.0. The monoisotopic (exact) mass is 416 g/mol. The van der Waals surface area contributed by atoms with Crippen LogP contribution in [0.1, 0.15) is 33.5 Å². The van der Waals surface area contributed by atoms with Gasteiger partial charge in [0.1, 0.15) is 11.6 Å². The zero-order valence-electron chi connectivity index (χ0n) is 16.2. The van der Waals surface area contributed by atoms with Gasteiger partial charge >= 0.3 is 0 Å². The van der Waals surface area contributed by atoms with E-state index in [0.717, 1.165) is 10.4 Å². The normalized spacial score (nSPS) is 21.9. The van der Waals surface area contributed by atoms with Crippen molar-refractivity contribution in [2.75, 3.05) is 20.2 Å². The van der Waals surface area contributed by atoms with E-state index in [0.29, 0.717) is 35.8 Å². The number of nitrogens with zero attached hydrogens (tertiary/aromatic N) is 1. The molecule has 6 nitrogen and oxygen atoms in total. The third-order valence-electron chi connectivity index (χ3n) is 4.87. The van der Waals surface area contributed by atoms with Crippen molar-refractivity contribution in [3.05, 3.63) is 51.2 Å². The van der Waals surface area contributed by atoms with Crippen molar-refractivity contribution in [3.8, 4) is 11.8 Å². The average Bonchev–Trinajstić information content (AvgIpc) is 3.18. The first-order chi connectivity index (χ1) is 13.6. The first kappa shape index (κ1) is 20.8. The van der Waals surface area contributed by atoms with Gasteiger partial charge in [-0.05, 0) is 18.6 Å². The summed E-state index contributed by atoms with van der Waals surface area (Å²) in [5, 5.41) is 10.3. The van der Waals surface area contributed by atoms with Crippen LogP contribution in [0.15, 0.2) is 35.9 Å². The molecule has 3 rings (SSSR count). The second-order valence-corrected chi connectivity index (χ2v) is 8.03. The maximum atomic E-state index is 14.7. The largest absolute Gasteiger partial charge is 0.493 e. The number of likely N-dealkylation sites (tertiary alicyclic amines) is 1. The number of aliphatic hydroxyl groups is 1. The second kappa shape index (κ2) is 7.85. The van der Waals surface area contributed by atoms with Gasteiger partial charge in [0, 0.05) is 43.0 Å². The number of hydrogen-bond donors (Lipinski definition) is 2. The van der Waals surface area contributed by atoms with Crippen molar-refractivity contribution < 1.29 is 23.8 Å². The summed E-state index contributed by atoms with van der Waals surface area (Å²) in [5.41, 5.74) is 4.98. The molecule has 0 radical (unpaired) electrons. The van der Waals surface area contributed by atoms with Gasteiger partial charge < -0.3 is 20.5 Å². The zero-order valence-corrected chi connectivity index (χ0v) is 17.0. The summed E-state index contributed by atoms with van der Waals surface area (Å²) >= 11 is 1.24. The molecule has 1 fully saturated rings. The smallest absolute Gasteiger partial charge is 0.267 e. The Kier molecular flexibility index (Phi) is 5.64. The van der Waals surface area contributed by atoms with Gasteiger partial charge in [-0.25, -0.2) is 4.39 Å². The Labute approximate surface area is 172 Å². The van der Waals surface area contributed by atoms with Gasteiger partial charge in [-0.3, -0.25) is 9.59 Å². The number of carbonyl (C=O) groups excluding carboxylic acids is 2. The number of likely N-dealkylation sites (N-methyl/N-ethyl adjacent to an activating group) is 1. The number of primary amides is 1. The Morgan fingerprint density at radius 1 is 1.55 bits per heavy atom. The third kappa shape index (κ3) is 4.11. The summed E-state index contributed by atoms with van der Waals surface area (Å²) in [4.78, 5) is 26.0. The van der Waals surface area contributed by atoms with E-state index in [-0.39, 0.29) is 12.0 Å². The van der Waals surface area contributed by atoms with Crippen molar-refractivity contribution in [2.24, 2.45) is 5.73 Å². The number of nitrogens with two attached hydrogens (primary N) is 1. The minimum atomic E-state index is -1.82. The summed E-state index contributed by atoms with van der Waals surface area (Å²) in [6.45, 7) is 6.06. The molecule has 0 bridgehead atoms. The summed E-state index contributed by atoms with van der Waals surface area (Å²) in [6.07, 6.45) is 1.90. The quantitative estimate of drug-likeness (QED) is 0.583. The van der Waals surface area contributed by atoms with Crippen LogP contribution in [-0.2, 0) is 16.0 Å². The molecule has 2 aliphatic heterocycles. The maximum absolute atomic E-state index is 14.7. The highest BCUT2D eigenvalue weighted by Crippen LogP contribution is 2.35. The molecular weight excluding hydrogens is 395 g/mol. The van der Waals surface area contributed by atoms with Crippen LogP contribution in [0, 0.1) is 11.8 Å². The molecule has 3 N–H and O–H groups in total. The van der Waals surface area contributed by atoms with Crippen molar-refractivity contribution in [1.29, 1.82) is 0 Å². The average molecular weight is 416 g/mol. The molecule has 29 heavy (non-hydrogen) atoms. The lowest BCUT2D eigenvalue weighted by molar-refractivity contribution is -0.137. The molecule has 1 aromatic heterocycles. The van der Waals surface area contributed by atoms with Gasteiger partial charge in [-0.1, -0.05) is 18.4 Å². The standard InChI is InChI=1S/C21H21FN2O4S/c1-12(4-6-21(27)7-8-24(3)20(21)26)15(22)11-16-13(2)18-14(5-9-28-16)10-17(29-18)19(23)25/h10-11,27H,1,5,7-9H2,2-3H3,(H2,23,25)/b15-11+/t21-/m0/s1. The lowest BCUT2D eigenvalue weighted by Gasteiger charge is -2.13. The van der Waals surface area contributed by atoms with E-state index in [1.807, 2.05) is 0 Å². The molecule has 2 aliphatic rings. The van der Waals surface area contributed by atoms with Crippen LogP contribution in [0.25, 0.3) is 5.57 Å². The van der Waals surface area contributed by atoms with E-state index < -0.39 is 23.2 Å². The highest BCUT2D eigenvalue weighted by molar-refractivity contribution is 7.15. The molecule has 0 aliphatic carbocycles. The number of hydrogen-bond acceptors (Lipinski definition) is 5. The van der Waals surface area contributed by atoms with E-state index >= 15 is 0 Å². The molecule has 8 heteroatoms. The molecule has 3 heterocycles. The minimum Gasteiger partial charge on any atom is -0.493 e. The van der Waals surface area contributed by atoms with Gasteiger partial charge in [-0.2, -0.15) is 0 Å². The Hall–Kier alpha value is -2.89. The topological polar surface area (TPSA) is 92.9 Å². The molecule has 1 aromatic rings. The number of carbonyl (C=O) groups is 2. The van der Waals surface area contributed by atoms with Gasteiger partial charge in [0.25, 0.3) is 11.8 Å². The highest BCUT2D eigenvalue weighted by atomic mass is 32.1. The number of allylic oxidation sites excluding steroid dienone is 4. The van der Waals surface area contributed by atoms with Crippen molar-refractivity contribution >= 4 is 28.7 Å². The van der Waals surface area contributed by atoms with Gasteiger partial charge in [0.05, 0.1) is 17.1 Å². The van der Waals surface area contributed by atoms with E-state index in [1.165, 1.54) is 22.3 Å². The van der Waals surface area contributed by atoms with Crippen molar-refractivity contribution in [1.82, 2.24) is 4.90 Å². The van der Waals surface area contributed by atoms with Crippen LogP contribution < -0.4 is 5.73 Å². The highest BCUT2D eigenvalue weighted by Gasteiger charge is 2.42. The fourth-order valence-electron chi connectivity index (χ4n) is 3.10. The lowest BCUT2D eigenvalue weighted by Crippen LogP contribution is -2.37. The SMILES string of the molecule is C=C(C#C[C@]1(O)CCN(C)C1=O)/C(F)=C\C1=C(C)c2sc(C(N)=O)cc2CCO1. The van der Waals surface area contributed by atoms with E-state index in [4.69, 9.17) is 10.5 Å². The van der Waals surface area contributed by atoms with Gasteiger partial charge in [0.15, 0.2) is 0 Å². The van der Waals surface area contributed by atoms with Crippen LogP contribution in [0.3, 0.4) is 0 Å². The Bertz CT molecular complexity index is 1030. The van der Waals surface area contributed by atoms with E-state index in [1.54, 1.807) is 20.0 Å². The maximum Gasteiger partial charge on any atom is 0.267 e. The number of amides is 2. The van der Waals surface area contributed by atoms with E-state index in [2.05, 4.69) is 18.4 Å². The van der Waals surface area contributed by atoms with E-state index in [9.17, 15) is 19.1 Å². The summed E-state index contributed by atoms with van der Waals surface area (Å²) in [7, 11) is 1.57. The molecule has 0 aromatic carbocycles.